The number of allylic oxidation sites excluding steroid dienone is 20. The van der Waals surface area contributed by atoms with E-state index in [4.69, 9.17) is 18.9 Å². The van der Waals surface area contributed by atoms with Crippen molar-refractivity contribution in [2.24, 2.45) is 0 Å². The normalized spacial score (nSPS) is 21.2. The second kappa shape index (κ2) is 38.3. The summed E-state index contributed by atoms with van der Waals surface area (Å²) in [5.74, 6) is -0.959. The van der Waals surface area contributed by atoms with Gasteiger partial charge in [-0.05, 0) is 89.9 Å². The van der Waals surface area contributed by atoms with E-state index < -0.39 is 55.4 Å². The van der Waals surface area contributed by atoms with Gasteiger partial charge in [0.1, 0.15) is 31.0 Å². The average Bonchev–Trinajstić information content (AvgIpc) is 3.23. The predicted molar refractivity (Wildman–Crippen MR) is 237 cm³/mol. The van der Waals surface area contributed by atoms with E-state index in [9.17, 15) is 30.0 Å². The Morgan fingerprint density at radius 1 is 0.525 bits per heavy atom. The molecule has 1 unspecified atom stereocenters. The summed E-state index contributed by atoms with van der Waals surface area (Å²) < 4.78 is 22.0. The molecule has 1 saturated heterocycles. The largest absolute Gasteiger partial charge is 0.462 e. The van der Waals surface area contributed by atoms with Crippen LogP contribution in [0.4, 0.5) is 0 Å². The molecule has 1 aliphatic rings. The number of aliphatic hydroxyl groups is 4. The molecule has 330 valence electrons. The van der Waals surface area contributed by atoms with E-state index in [-0.39, 0.29) is 26.1 Å². The van der Waals surface area contributed by atoms with Crippen molar-refractivity contribution in [1.82, 2.24) is 0 Å². The molecule has 1 heterocycles. The monoisotopic (exact) mass is 823 g/mol. The molecule has 1 fully saturated rings. The highest BCUT2D eigenvalue weighted by atomic mass is 16.7. The third-order valence-corrected chi connectivity index (χ3v) is 8.84. The fourth-order valence-electron chi connectivity index (χ4n) is 5.49. The first kappa shape index (κ1) is 53.1. The molecule has 0 aromatic heterocycles. The van der Waals surface area contributed by atoms with Gasteiger partial charge in [-0.1, -0.05) is 135 Å². The second-order valence-corrected chi connectivity index (χ2v) is 14.0. The molecule has 59 heavy (non-hydrogen) atoms. The zero-order chi connectivity index (χ0) is 43.0. The molecule has 10 heteroatoms. The van der Waals surface area contributed by atoms with E-state index >= 15 is 0 Å². The minimum absolute atomic E-state index is 0.131. The topological polar surface area (TPSA) is 152 Å². The van der Waals surface area contributed by atoms with Crippen LogP contribution < -0.4 is 0 Å². The van der Waals surface area contributed by atoms with Gasteiger partial charge in [0, 0.05) is 12.8 Å². The maximum atomic E-state index is 12.7. The number of aliphatic hydroxyl groups excluding tert-OH is 4. The summed E-state index contributed by atoms with van der Waals surface area (Å²) in [5, 5.41) is 40.0. The van der Waals surface area contributed by atoms with Crippen LogP contribution in [0, 0.1) is 0 Å². The quantitative estimate of drug-likeness (QED) is 0.0287. The lowest BCUT2D eigenvalue weighted by Gasteiger charge is -2.39. The van der Waals surface area contributed by atoms with Crippen LogP contribution in [0.2, 0.25) is 0 Å². The molecule has 0 bridgehead atoms. The molecule has 0 radical (unpaired) electrons. The maximum absolute atomic E-state index is 12.7. The molecule has 1 aliphatic heterocycles. The van der Waals surface area contributed by atoms with Crippen LogP contribution in [0.15, 0.2) is 122 Å². The summed E-state index contributed by atoms with van der Waals surface area (Å²) in [6, 6.07) is 0. The molecule has 0 amide bonds. The van der Waals surface area contributed by atoms with Crippen molar-refractivity contribution in [1.29, 1.82) is 0 Å². The number of rotatable bonds is 33. The summed E-state index contributed by atoms with van der Waals surface area (Å²) in [5.41, 5.74) is 0. The Morgan fingerprint density at radius 2 is 0.915 bits per heavy atom. The molecule has 0 aliphatic carbocycles. The van der Waals surface area contributed by atoms with E-state index in [1.807, 2.05) is 12.2 Å². The molecule has 1 rings (SSSR count). The van der Waals surface area contributed by atoms with Gasteiger partial charge in [0.25, 0.3) is 0 Å². The Bertz CT molecular complexity index is 1370. The average molecular weight is 823 g/mol. The molecule has 0 aromatic rings. The highest BCUT2D eigenvalue weighted by Gasteiger charge is 2.44. The summed E-state index contributed by atoms with van der Waals surface area (Å²) in [7, 11) is 0. The van der Waals surface area contributed by atoms with E-state index in [0.29, 0.717) is 25.7 Å². The first-order valence-electron chi connectivity index (χ1n) is 21.6. The molecule has 10 nitrogen and oxygen atoms in total. The second-order valence-electron chi connectivity index (χ2n) is 14.0. The van der Waals surface area contributed by atoms with Gasteiger partial charge in [0.05, 0.1) is 13.2 Å². The molecular weight excluding hydrogens is 749 g/mol. The van der Waals surface area contributed by atoms with E-state index in [1.165, 1.54) is 0 Å². The Morgan fingerprint density at radius 3 is 1.32 bits per heavy atom. The van der Waals surface area contributed by atoms with Crippen LogP contribution >= 0.6 is 0 Å². The predicted octanol–water partition coefficient (Wildman–Crippen LogP) is 9.10. The summed E-state index contributed by atoms with van der Waals surface area (Å²) in [6.07, 6.45) is 46.4. The SMILES string of the molecule is CC/C=C\C/C=C\C/C=C\C/C=C\C/C=C\CCCC(=O)OCC(CO[C@@H]1O[C@H](CO)[C@H](O)[C@H](O)[C@H]1O)OC(=O)CCC/C=C\C/C=C\C/C=C\C/C=C\C/C=C\CC. The zero-order valence-electron chi connectivity index (χ0n) is 35.7. The van der Waals surface area contributed by atoms with Crippen LogP contribution in [0.5, 0.6) is 0 Å². The minimum Gasteiger partial charge on any atom is -0.462 e. The van der Waals surface area contributed by atoms with Crippen molar-refractivity contribution in [2.45, 2.75) is 153 Å². The smallest absolute Gasteiger partial charge is 0.306 e. The van der Waals surface area contributed by atoms with Crippen molar-refractivity contribution in [3.05, 3.63) is 122 Å². The van der Waals surface area contributed by atoms with Gasteiger partial charge >= 0.3 is 11.9 Å². The Hall–Kier alpha value is -3.90. The highest BCUT2D eigenvalue weighted by molar-refractivity contribution is 5.70. The Kier molecular flexibility index (Phi) is 34.5. The minimum atomic E-state index is -1.62. The molecule has 6 atom stereocenters. The van der Waals surface area contributed by atoms with Gasteiger partial charge in [0.15, 0.2) is 12.4 Å². The van der Waals surface area contributed by atoms with Gasteiger partial charge in [-0.15, -0.1) is 0 Å². The molecule has 0 saturated carbocycles. The number of carbonyl (C=O) groups is 2. The van der Waals surface area contributed by atoms with Crippen LogP contribution in [-0.4, -0.2) is 89.0 Å². The molecule has 0 spiro atoms. The lowest BCUT2D eigenvalue weighted by Crippen LogP contribution is -2.59. The van der Waals surface area contributed by atoms with E-state index in [1.54, 1.807) is 0 Å². The van der Waals surface area contributed by atoms with E-state index in [0.717, 1.165) is 64.2 Å². The van der Waals surface area contributed by atoms with Crippen molar-refractivity contribution in [3.8, 4) is 0 Å². The van der Waals surface area contributed by atoms with Gasteiger partial charge in [0.2, 0.25) is 0 Å². The summed E-state index contributed by atoms with van der Waals surface area (Å²) >= 11 is 0. The van der Waals surface area contributed by atoms with Gasteiger partial charge in [-0.3, -0.25) is 9.59 Å². The van der Waals surface area contributed by atoms with Crippen molar-refractivity contribution >= 4 is 11.9 Å². The van der Waals surface area contributed by atoms with Crippen LogP contribution in [0.25, 0.3) is 0 Å². The van der Waals surface area contributed by atoms with Gasteiger partial charge in [-0.25, -0.2) is 0 Å². The molecular formula is C49H74O10. The maximum Gasteiger partial charge on any atom is 0.306 e. The van der Waals surface area contributed by atoms with E-state index in [2.05, 4.69) is 123 Å². The first-order valence-corrected chi connectivity index (χ1v) is 21.6. The number of hydrogen-bond acceptors (Lipinski definition) is 10. The van der Waals surface area contributed by atoms with Crippen molar-refractivity contribution in [3.63, 3.8) is 0 Å². The van der Waals surface area contributed by atoms with Crippen LogP contribution in [0.3, 0.4) is 0 Å². The zero-order valence-corrected chi connectivity index (χ0v) is 35.7. The van der Waals surface area contributed by atoms with Gasteiger partial charge in [-0.2, -0.15) is 0 Å². The number of esters is 2. The Balaban J connectivity index is 2.45. The van der Waals surface area contributed by atoms with Gasteiger partial charge < -0.3 is 39.4 Å². The van der Waals surface area contributed by atoms with Crippen LogP contribution in [0.1, 0.15) is 117 Å². The van der Waals surface area contributed by atoms with Crippen molar-refractivity contribution < 1.29 is 49.0 Å². The lowest BCUT2D eigenvalue weighted by atomic mass is 9.99. The summed E-state index contributed by atoms with van der Waals surface area (Å²) in [6.45, 7) is 3.04. The fraction of sp³-hybridized carbons (Fsp3) is 0.551. The number of ether oxygens (including phenoxy) is 4. The number of carbonyl (C=O) groups excluding carboxylic acids is 2. The highest BCUT2D eigenvalue weighted by Crippen LogP contribution is 2.22. The number of hydrogen-bond donors (Lipinski definition) is 4. The number of unbranched alkanes of at least 4 members (excludes halogenated alkanes) is 2. The first-order chi connectivity index (χ1) is 28.8. The third-order valence-electron chi connectivity index (χ3n) is 8.84. The molecule has 4 N–H and O–H groups in total. The van der Waals surface area contributed by atoms with Crippen LogP contribution in [-0.2, 0) is 28.5 Å². The Labute approximate surface area is 354 Å². The standard InChI is InChI=1S/C49H74O10/c1-3-5-7-9-11-13-15-17-19-21-23-25-27-29-31-33-35-37-44(51)56-40-42(41-57-49-48(55)47(54)46(53)43(39-50)59-49)58-45(52)38-36-34-32-30-28-26-24-22-20-18-16-14-12-10-8-6-4-2/h5-8,11-14,17-20,23-26,29-32,42-43,46-50,53-55H,3-4,9-10,15-16,21-22,27-28,33-41H2,1-2H3/b7-5-,8-6-,13-11-,14-12-,19-17-,20-18-,25-23-,26-24-,31-29-,32-30-/t42?,43-,46+,47+,48-,49-/m1/s1. The summed E-state index contributed by atoms with van der Waals surface area (Å²) in [4.78, 5) is 25.3. The lowest BCUT2D eigenvalue weighted by molar-refractivity contribution is -0.305. The molecule has 0 aromatic carbocycles. The fourth-order valence-corrected chi connectivity index (χ4v) is 5.49. The third kappa shape index (κ3) is 29.9. The van der Waals surface area contributed by atoms with Crippen molar-refractivity contribution in [2.75, 3.05) is 19.8 Å².